The molecular formula is C12H24N2O2. The van der Waals surface area contributed by atoms with Gasteiger partial charge < -0.3 is 15.4 Å². The van der Waals surface area contributed by atoms with E-state index >= 15 is 0 Å². The van der Waals surface area contributed by atoms with Gasteiger partial charge in [-0.1, -0.05) is 6.92 Å². The van der Waals surface area contributed by atoms with E-state index in [1.165, 1.54) is 6.42 Å². The molecule has 0 bridgehead atoms. The number of rotatable bonds is 2. The molecule has 1 heterocycles. The summed E-state index contributed by atoms with van der Waals surface area (Å²) in [6.07, 6.45) is 0.855. The van der Waals surface area contributed by atoms with Crippen LogP contribution >= 0.6 is 0 Å². The van der Waals surface area contributed by atoms with Gasteiger partial charge in [0.1, 0.15) is 5.60 Å². The van der Waals surface area contributed by atoms with Crippen molar-refractivity contribution in [2.24, 2.45) is 11.8 Å². The standard InChI is InChI=1S/C12H24N2O2/c1-9-5-10(7-13-6-9)8-14-11(15)16-12(2,3)4/h9-10,13H,5-8H2,1-4H3,(H,14,15). The lowest BCUT2D eigenvalue weighted by atomic mass is 9.92. The Morgan fingerprint density at radius 2 is 2.12 bits per heavy atom. The van der Waals surface area contributed by atoms with Crippen LogP contribution < -0.4 is 10.6 Å². The number of amides is 1. The van der Waals surface area contributed by atoms with Crippen molar-refractivity contribution in [2.75, 3.05) is 19.6 Å². The molecule has 16 heavy (non-hydrogen) atoms. The Labute approximate surface area is 98.1 Å². The van der Waals surface area contributed by atoms with E-state index in [1.54, 1.807) is 0 Å². The molecule has 0 aromatic rings. The predicted molar refractivity (Wildman–Crippen MR) is 64.4 cm³/mol. The van der Waals surface area contributed by atoms with Crippen LogP contribution in [0.2, 0.25) is 0 Å². The summed E-state index contributed by atoms with van der Waals surface area (Å²) in [5, 5.41) is 6.19. The van der Waals surface area contributed by atoms with Gasteiger partial charge in [0.25, 0.3) is 0 Å². The van der Waals surface area contributed by atoms with Crippen molar-refractivity contribution < 1.29 is 9.53 Å². The number of carbonyl (C=O) groups is 1. The zero-order valence-electron chi connectivity index (χ0n) is 10.8. The smallest absolute Gasteiger partial charge is 0.407 e. The van der Waals surface area contributed by atoms with Gasteiger partial charge in [-0.3, -0.25) is 0 Å². The lowest BCUT2D eigenvalue weighted by Gasteiger charge is -2.28. The fourth-order valence-electron chi connectivity index (χ4n) is 1.97. The van der Waals surface area contributed by atoms with Crippen molar-refractivity contribution in [3.8, 4) is 0 Å². The summed E-state index contributed by atoms with van der Waals surface area (Å²) in [5.41, 5.74) is -0.414. The summed E-state index contributed by atoms with van der Waals surface area (Å²) < 4.78 is 5.19. The molecule has 94 valence electrons. The number of ether oxygens (including phenoxy) is 1. The van der Waals surface area contributed by atoms with E-state index in [-0.39, 0.29) is 6.09 Å². The lowest BCUT2D eigenvalue weighted by Crippen LogP contribution is -2.42. The summed E-state index contributed by atoms with van der Waals surface area (Å²) in [5.74, 6) is 1.22. The molecule has 0 aromatic carbocycles. The van der Waals surface area contributed by atoms with E-state index in [2.05, 4.69) is 17.6 Å². The summed E-state index contributed by atoms with van der Waals surface area (Å²) in [7, 11) is 0. The average Bonchev–Trinajstić information content (AvgIpc) is 2.12. The Morgan fingerprint density at radius 3 is 2.69 bits per heavy atom. The molecule has 0 radical (unpaired) electrons. The van der Waals surface area contributed by atoms with Gasteiger partial charge >= 0.3 is 6.09 Å². The third-order valence-electron chi connectivity index (χ3n) is 2.60. The second-order valence-corrected chi connectivity index (χ2v) is 5.75. The van der Waals surface area contributed by atoms with E-state index < -0.39 is 5.60 Å². The number of piperidine rings is 1. The van der Waals surface area contributed by atoms with Crippen LogP contribution in [0.15, 0.2) is 0 Å². The van der Waals surface area contributed by atoms with Gasteiger partial charge in [-0.15, -0.1) is 0 Å². The number of hydrogen-bond acceptors (Lipinski definition) is 3. The van der Waals surface area contributed by atoms with Crippen molar-refractivity contribution in [1.29, 1.82) is 0 Å². The fourth-order valence-corrected chi connectivity index (χ4v) is 1.97. The van der Waals surface area contributed by atoms with Gasteiger partial charge in [0.2, 0.25) is 0 Å². The monoisotopic (exact) mass is 228 g/mol. The molecule has 4 heteroatoms. The van der Waals surface area contributed by atoms with Gasteiger partial charge in [-0.05, 0) is 52.1 Å². The highest BCUT2D eigenvalue weighted by molar-refractivity contribution is 5.67. The minimum Gasteiger partial charge on any atom is -0.444 e. The summed E-state index contributed by atoms with van der Waals surface area (Å²) in [4.78, 5) is 11.4. The molecule has 2 unspecified atom stereocenters. The maximum Gasteiger partial charge on any atom is 0.407 e. The number of carbonyl (C=O) groups excluding carboxylic acids is 1. The van der Waals surface area contributed by atoms with Crippen molar-refractivity contribution in [3.63, 3.8) is 0 Å². The quantitative estimate of drug-likeness (QED) is 0.757. The first-order valence-corrected chi connectivity index (χ1v) is 6.04. The van der Waals surface area contributed by atoms with Gasteiger partial charge in [-0.2, -0.15) is 0 Å². The minimum absolute atomic E-state index is 0.314. The first kappa shape index (κ1) is 13.3. The number of alkyl carbamates (subject to hydrolysis) is 1. The lowest BCUT2D eigenvalue weighted by molar-refractivity contribution is 0.0514. The van der Waals surface area contributed by atoms with E-state index in [1.807, 2.05) is 20.8 Å². The molecule has 0 aliphatic carbocycles. The molecule has 1 fully saturated rings. The largest absolute Gasteiger partial charge is 0.444 e. The maximum atomic E-state index is 11.4. The molecule has 1 aliphatic rings. The van der Waals surface area contributed by atoms with Gasteiger partial charge in [-0.25, -0.2) is 4.79 Å². The van der Waals surface area contributed by atoms with Crippen LogP contribution in [0.5, 0.6) is 0 Å². The fraction of sp³-hybridized carbons (Fsp3) is 0.917. The molecule has 1 amide bonds. The number of nitrogens with one attached hydrogen (secondary N) is 2. The predicted octanol–water partition coefficient (Wildman–Crippen LogP) is 1.76. The molecule has 0 aromatic heterocycles. The zero-order chi connectivity index (χ0) is 12.2. The second kappa shape index (κ2) is 5.53. The highest BCUT2D eigenvalue weighted by Crippen LogP contribution is 2.15. The van der Waals surface area contributed by atoms with Crippen molar-refractivity contribution in [1.82, 2.24) is 10.6 Å². The third-order valence-corrected chi connectivity index (χ3v) is 2.60. The van der Waals surface area contributed by atoms with E-state index in [0.717, 1.165) is 13.1 Å². The minimum atomic E-state index is -0.414. The summed E-state index contributed by atoms with van der Waals surface area (Å²) >= 11 is 0. The van der Waals surface area contributed by atoms with Gasteiger partial charge in [0.05, 0.1) is 0 Å². The molecule has 0 saturated carbocycles. The highest BCUT2D eigenvalue weighted by Gasteiger charge is 2.20. The molecule has 2 N–H and O–H groups in total. The molecule has 2 atom stereocenters. The van der Waals surface area contributed by atoms with Crippen LogP contribution in [-0.2, 0) is 4.74 Å². The number of hydrogen-bond donors (Lipinski definition) is 2. The van der Waals surface area contributed by atoms with Gasteiger partial charge in [0.15, 0.2) is 0 Å². The first-order chi connectivity index (χ1) is 7.37. The van der Waals surface area contributed by atoms with Crippen LogP contribution in [0.4, 0.5) is 4.79 Å². The second-order valence-electron chi connectivity index (χ2n) is 5.75. The summed E-state index contributed by atoms with van der Waals surface area (Å²) in [6.45, 7) is 10.6. The Hall–Kier alpha value is -0.770. The molecule has 1 saturated heterocycles. The van der Waals surface area contributed by atoms with Crippen LogP contribution in [0.1, 0.15) is 34.1 Å². The normalized spacial score (nSPS) is 26.2. The van der Waals surface area contributed by atoms with Crippen molar-refractivity contribution in [3.05, 3.63) is 0 Å². The topological polar surface area (TPSA) is 50.4 Å². The first-order valence-electron chi connectivity index (χ1n) is 6.04. The molecular weight excluding hydrogens is 204 g/mol. The molecule has 1 rings (SSSR count). The van der Waals surface area contributed by atoms with Crippen molar-refractivity contribution >= 4 is 6.09 Å². The van der Waals surface area contributed by atoms with E-state index in [9.17, 15) is 4.79 Å². The highest BCUT2D eigenvalue weighted by atomic mass is 16.6. The van der Waals surface area contributed by atoms with E-state index in [4.69, 9.17) is 4.74 Å². The Kier molecular flexibility index (Phi) is 4.59. The molecule has 1 aliphatic heterocycles. The zero-order valence-corrected chi connectivity index (χ0v) is 10.8. The maximum absolute atomic E-state index is 11.4. The van der Waals surface area contributed by atoms with Crippen LogP contribution in [0, 0.1) is 11.8 Å². The Balaban J connectivity index is 2.21. The van der Waals surface area contributed by atoms with Crippen LogP contribution in [-0.4, -0.2) is 31.3 Å². The van der Waals surface area contributed by atoms with Crippen LogP contribution in [0.3, 0.4) is 0 Å². The third kappa shape index (κ3) is 5.35. The average molecular weight is 228 g/mol. The van der Waals surface area contributed by atoms with Crippen molar-refractivity contribution in [2.45, 2.75) is 39.7 Å². The summed E-state index contributed by atoms with van der Waals surface area (Å²) in [6, 6.07) is 0. The Morgan fingerprint density at radius 1 is 1.44 bits per heavy atom. The van der Waals surface area contributed by atoms with E-state index in [0.29, 0.717) is 18.4 Å². The Bertz CT molecular complexity index is 236. The molecule has 4 nitrogen and oxygen atoms in total. The SMILES string of the molecule is CC1CNCC(CNC(=O)OC(C)(C)C)C1. The van der Waals surface area contributed by atoms with Gasteiger partial charge in [0, 0.05) is 6.54 Å². The van der Waals surface area contributed by atoms with Crippen LogP contribution in [0.25, 0.3) is 0 Å². The molecule has 0 spiro atoms.